The highest BCUT2D eigenvalue weighted by molar-refractivity contribution is 9.10. The van der Waals surface area contributed by atoms with Crippen molar-refractivity contribution in [2.75, 3.05) is 5.32 Å². The largest absolute Gasteiger partial charge is 0.381 e. The molecule has 0 radical (unpaired) electrons. The van der Waals surface area contributed by atoms with Crippen molar-refractivity contribution in [1.29, 1.82) is 0 Å². The molecule has 0 atom stereocenters. The maximum Gasteiger partial charge on any atom is 0.129 e. The van der Waals surface area contributed by atoms with E-state index < -0.39 is 0 Å². The van der Waals surface area contributed by atoms with Crippen molar-refractivity contribution < 1.29 is 4.39 Å². The Balaban J connectivity index is 2.11. The van der Waals surface area contributed by atoms with Crippen LogP contribution in [0.3, 0.4) is 0 Å². The van der Waals surface area contributed by atoms with Crippen LogP contribution >= 0.6 is 15.9 Å². The van der Waals surface area contributed by atoms with Gasteiger partial charge in [-0.2, -0.15) is 0 Å². The summed E-state index contributed by atoms with van der Waals surface area (Å²) in [5.74, 6) is -0.193. The molecule has 0 aliphatic rings. The maximum atomic E-state index is 13.6. The molecule has 0 aliphatic heterocycles. The van der Waals surface area contributed by atoms with Crippen molar-refractivity contribution in [3.05, 3.63) is 63.4 Å². The van der Waals surface area contributed by atoms with Crippen molar-refractivity contribution >= 4 is 21.6 Å². The number of hydrogen-bond acceptors (Lipinski definition) is 1. The van der Waals surface area contributed by atoms with Gasteiger partial charge in [-0.15, -0.1) is 0 Å². The Hall–Kier alpha value is -1.35. The number of anilines is 1. The van der Waals surface area contributed by atoms with Gasteiger partial charge in [0, 0.05) is 22.3 Å². The Kier molecular flexibility index (Phi) is 4.02. The summed E-state index contributed by atoms with van der Waals surface area (Å²) in [4.78, 5) is 0. The summed E-state index contributed by atoms with van der Waals surface area (Å²) in [6, 6.07) is 11.4. The van der Waals surface area contributed by atoms with Gasteiger partial charge in [0.25, 0.3) is 0 Å². The average molecular weight is 308 g/mol. The lowest BCUT2D eigenvalue weighted by Crippen LogP contribution is -2.02. The molecule has 0 aliphatic carbocycles. The molecule has 0 bridgehead atoms. The summed E-state index contributed by atoms with van der Waals surface area (Å²) in [5, 5.41) is 3.25. The van der Waals surface area contributed by atoms with Gasteiger partial charge in [-0.05, 0) is 49.2 Å². The van der Waals surface area contributed by atoms with Gasteiger partial charge in [0.1, 0.15) is 5.82 Å². The Labute approximate surface area is 115 Å². The molecule has 2 rings (SSSR count). The predicted octanol–water partition coefficient (Wildman–Crippen LogP) is 4.82. The van der Waals surface area contributed by atoms with Gasteiger partial charge in [-0.1, -0.05) is 28.1 Å². The van der Waals surface area contributed by atoms with Crippen molar-refractivity contribution in [2.45, 2.75) is 20.4 Å². The normalized spacial score (nSPS) is 10.4. The van der Waals surface area contributed by atoms with Crippen LogP contribution < -0.4 is 5.32 Å². The second-order valence-corrected chi connectivity index (χ2v) is 5.38. The molecule has 0 aromatic heterocycles. The third kappa shape index (κ3) is 3.33. The number of rotatable bonds is 3. The van der Waals surface area contributed by atoms with Gasteiger partial charge in [0.05, 0.1) is 0 Å². The van der Waals surface area contributed by atoms with E-state index in [0.29, 0.717) is 12.1 Å². The monoisotopic (exact) mass is 307 g/mol. The van der Waals surface area contributed by atoms with Crippen molar-refractivity contribution in [3.63, 3.8) is 0 Å². The van der Waals surface area contributed by atoms with Gasteiger partial charge in [0.2, 0.25) is 0 Å². The van der Waals surface area contributed by atoms with Crippen LogP contribution in [0.1, 0.15) is 16.7 Å². The summed E-state index contributed by atoms with van der Waals surface area (Å²) in [5.41, 5.74) is 4.09. The average Bonchev–Trinajstić information content (AvgIpc) is 2.26. The molecule has 18 heavy (non-hydrogen) atoms. The Morgan fingerprint density at radius 2 is 1.72 bits per heavy atom. The Morgan fingerprint density at radius 3 is 2.33 bits per heavy atom. The van der Waals surface area contributed by atoms with Gasteiger partial charge in [-0.25, -0.2) is 4.39 Å². The number of benzene rings is 2. The first-order valence-electron chi connectivity index (χ1n) is 5.81. The summed E-state index contributed by atoms with van der Waals surface area (Å²) in [6.45, 7) is 4.60. The van der Waals surface area contributed by atoms with Crippen molar-refractivity contribution in [1.82, 2.24) is 0 Å². The Bertz CT molecular complexity index is 546. The van der Waals surface area contributed by atoms with E-state index in [4.69, 9.17) is 0 Å². The van der Waals surface area contributed by atoms with E-state index >= 15 is 0 Å². The minimum Gasteiger partial charge on any atom is -0.381 e. The highest BCUT2D eigenvalue weighted by Gasteiger charge is 2.03. The molecule has 2 aromatic rings. The lowest BCUT2D eigenvalue weighted by atomic mass is 10.1. The third-order valence-corrected chi connectivity index (χ3v) is 3.21. The van der Waals surface area contributed by atoms with Crippen LogP contribution in [0.2, 0.25) is 0 Å². The van der Waals surface area contributed by atoms with Gasteiger partial charge in [0.15, 0.2) is 0 Å². The molecule has 1 nitrogen and oxygen atoms in total. The fraction of sp³-hybridized carbons (Fsp3) is 0.200. The lowest BCUT2D eigenvalue weighted by molar-refractivity contribution is 0.612. The Morgan fingerprint density at radius 1 is 1.06 bits per heavy atom. The number of hydrogen-bond donors (Lipinski definition) is 1. The SMILES string of the molecule is Cc1cc(C)cc(NCc2ccc(Br)cc2F)c1. The minimum atomic E-state index is -0.193. The fourth-order valence-electron chi connectivity index (χ4n) is 1.94. The van der Waals surface area contributed by atoms with E-state index in [-0.39, 0.29) is 5.82 Å². The van der Waals surface area contributed by atoms with E-state index in [9.17, 15) is 4.39 Å². The lowest BCUT2D eigenvalue weighted by Gasteiger charge is -2.09. The number of halogens is 2. The summed E-state index contributed by atoms with van der Waals surface area (Å²) < 4.78 is 14.4. The predicted molar refractivity (Wildman–Crippen MR) is 77.3 cm³/mol. The summed E-state index contributed by atoms with van der Waals surface area (Å²) in [7, 11) is 0. The first-order chi connectivity index (χ1) is 8.54. The molecule has 0 unspecified atom stereocenters. The smallest absolute Gasteiger partial charge is 0.129 e. The minimum absolute atomic E-state index is 0.193. The third-order valence-electron chi connectivity index (χ3n) is 2.72. The summed E-state index contributed by atoms with van der Waals surface area (Å²) in [6.07, 6.45) is 0. The molecule has 0 saturated heterocycles. The van der Waals surface area contributed by atoms with E-state index in [0.717, 1.165) is 10.2 Å². The summed E-state index contributed by atoms with van der Waals surface area (Å²) >= 11 is 3.25. The second kappa shape index (κ2) is 5.53. The van der Waals surface area contributed by atoms with Crippen molar-refractivity contribution in [3.8, 4) is 0 Å². The van der Waals surface area contributed by atoms with Crippen LogP contribution in [0.15, 0.2) is 40.9 Å². The topological polar surface area (TPSA) is 12.0 Å². The molecule has 0 spiro atoms. The molecular weight excluding hydrogens is 293 g/mol. The highest BCUT2D eigenvalue weighted by Crippen LogP contribution is 2.18. The van der Waals surface area contributed by atoms with Crippen molar-refractivity contribution in [2.24, 2.45) is 0 Å². The van der Waals surface area contributed by atoms with Crippen LogP contribution in [0.25, 0.3) is 0 Å². The van der Waals surface area contributed by atoms with Crippen LogP contribution in [0.5, 0.6) is 0 Å². The van der Waals surface area contributed by atoms with Crippen LogP contribution in [-0.4, -0.2) is 0 Å². The van der Waals surface area contributed by atoms with E-state index in [1.54, 1.807) is 6.07 Å². The zero-order valence-electron chi connectivity index (χ0n) is 10.4. The quantitative estimate of drug-likeness (QED) is 0.857. The zero-order chi connectivity index (χ0) is 13.1. The fourth-order valence-corrected chi connectivity index (χ4v) is 2.27. The second-order valence-electron chi connectivity index (χ2n) is 4.47. The highest BCUT2D eigenvalue weighted by atomic mass is 79.9. The van der Waals surface area contributed by atoms with Gasteiger partial charge in [-0.3, -0.25) is 0 Å². The molecule has 3 heteroatoms. The van der Waals surface area contributed by atoms with E-state index in [2.05, 4.69) is 53.3 Å². The van der Waals surface area contributed by atoms with Gasteiger partial charge < -0.3 is 5.32 Å². The zero-order valence-corrected chi connectivity index (χ0v) is 12.0. The maximum absolute atomic E-state index is 13.6. The molecular formula is C15H15BrFN. The number of nitrogens with one attached hydrogen (secondary N) is 1. The van der Waals surface area contributed by atoms with Crippen LogP contribution in [-0.2, 0) is 6.54 Å². The molecule has 94 valence electrons. The van der Waals surface area contributed by atoms with Crippen LogP contribution in [0.4, 0.5) is 10.1 Å². The molecule has 2 aromatic carbocycles. The van der Waals surface area contributed by atoms with E-state index in [1.165, 1.54) is 17.2 Å². The molecule has 0 saturated carbocycles. The molecule has 0 fully saturated rings. The molecule has 0 heterocycles. The first-order valence-corrected chi connectivity index (χ1v) is 6.60. The number of aryl methyl sites for hydroxylation is 2. The standard InChI is InChI=1S/C15H15BrFN/c1-10-5-11(2)7-14(6-10)18-9-12-3-4-13(16)8-15(12)17/h3-8,18H,9H2,1-2H3. The first kappa shape index (κ1) is 13.1. The van der Waals surface area contributed by atoms with Crippen LogP contribution in [0, 0.1) is 19.7 Å². The molecule has 0 amide bonds. The van der Waals surface area contributed by atoms with E-state index in [1.807, 2.05) is 6.07 Å². The molecule has 1 N–H and O–H groups in total. The van der Waals surface area contributed by atoms with Gasteiger partial charge >= 0.3 is 0 Å².